The topological polar surface area (TPSA) is 270 Å². The molecule has 0 saturated heterocycles. The van der Waals surface area contributed by atoms with Crippen LogP contribution in [0, 0.1) is 10.1 Å². The van der Waals surface area contributed by atoms with Crippen molar-refractivity contribution in [2.24, 2.45) is 0 Å². The van der Waals surface area contributed by atoms with E-state index in [1.54, 1.807) is 102 Å². The Bertz CT molecular complexity index is 3560. The van der Waals surface area contributed by atoms with Crippen LogP contribution in [0.25, 0.3) is 42.0 Å². The summed E-state index contributed by atoms with van der Waals surface area (Å²) in [4.78, 5) is 45.7. The molecule has 0 fully saturated rings. The molecule has 2 heterocycles. The summed E-state index contributed by atoms with van der Waals surface area (Å²) in [6, 6.07) is 40.8. The first-order chi connectivity index (χ1) is 35.9. The summed E-state index contributed by atoms with van der Waals surface area (Å²) < 4.78 is 59.1. The summed E-state index contributed by atoms with van der Waals surface area (Å²) >= 11 is 2.63. The number of non-ortho nitro benzene ring substituents is 1. The Hall–Kier alpha value is -7.86. The van der Waals surface area contributed by atoms with Crippen molar-refractivity contribution < 1.29 is 31.3 Å². The minimum atomic E-state index is -4.00. The Balaban J connectivity index is 0.000000221. The van der Waals surface area contributed by atoms with Crippen LogP contribution in [0.2, 0.25) is 0 Å². The van der Waals surface area contributed by atoms with E-state index in [1.807, 2.05) is 72.8 Å². The Labute approximate surface area is 449 Å². The van der Waals surface area contributed by atoms with Crippen LogP contribution >= 0.6 is 22.7 Å². The molecule has 394 valence electrons. The van der Waals surface area contributed by atoms with Crippen LogP contribution in [0.15, 0.2) is 168 Å². The second-order valence-corrected chi connectivity index (χ2v) is 24.6. The number of carbonyl (C=O) groups excluding carboxylic acids is 2. The van der Waals surface area contributed by atoms with Crippen LogP contribution in [0.4, 0.5) is 32.3 Å². The fraction of sp³-hybridized carbons (Fsp3) is 0.185. The molecule has 0 spiro atoms. The molecule has 0 aliphatic rings. The molecule has 0 aliphatic heterocycles. The minimum absolute atomic E-state index is 0.0165. The number of hydrogen-bond donors (Lipinski definition) is 7. The van der Waals surface area contributed by atoms with Gasteiger partial charge in [0.05, 0.1) is 24.5 Å². The van der Waals surface area contributed by atoms with Crippen molar-refractivity contribution in [3.05, 3.63) is 179 Å². The van der Waals surface area contributed by atoms with Crippen LogP contribution in [0.3, 0.4) is 0 Å². The standard InChI is InChI=1S/C27H27N5O5S2.C27H29N5O3S2/c1-27(2,3)31-39(36,37)24-15-20(30-26(33)29-16-18-7-5-4-6-8-18)11-14-22(24)23-17-28-25(38-23)19-9-12-21(13-10-19)32(34)35;1-27(2,3)32-37(34,35)24-15-21(31-26(33)30-16-18-7-5-4-6-8-18)13-14-22(24)23-17-29-25(36-23)19-9-11-20(28)12-10-19/h4-15,17,31H,16H2,1-3H3,(H2,29,30,33);4-15,17,32H,16,28H2,1-3H3,(H2,30,31,33). The van der Waals surface area contributed by atoms with Gasteiger partial charge in [-0.1, -0.05) is 72.8 Å². The molecule has 8 N–H and O–H groups in total. The second kappa shape index (κ2) is 23.8. The lowest BCUT2D eigenvalue weighted by molar-refractivity contribution is -0.384. The van der Waals surface area contributed by atoms with Gasteiger partial charge in [-0.05, 0) is 113 Å². The first kappa shape index (κ1) is 55.9. The van der Waals surface area contributed by atoms with Gasteiger partial charge < -0.3 is 27.0 Å². The molecule has 22 heteroatoms. The van der Waals surface area contributed by atoms with Crippen molar-refractivity contribution in [2.75, 3.05) is 16.4 Å². The molecule has 2 aromatic heterocycles. The van der Waals surface area contributed by atoms with E-state index in [0.29, 0.717) is 61.6 Å². The number of nitro groups is 1. The number of rotatable bonds is 15. The number of nitrogens with zero attached hydrogens (tertiary/aromatic N) is 3. The quantitative estimate of drug-likeness (QED) is 0.0288. The van der Waals surface area contributed by atoms with Gasteiger partial charge in [0.25, 0.3) is 5.69 Å². The highest BCUT2D eigenvalue weighted by Crippen LogP contribution is 2.39. The van der Waals surface area contributed by atoms with Gasteiger partial charge in [0.2, 0.25) is 20.0 Å². The van der Waals surface area contributed by atoms with Crippen LogP contribution < -0.4 is 36.4 Å². The van der Waals surface area contributed by atoms with Gasteiger partial charge in [-0.15, -0.1) is 22.7 Å². The predicted molar refractivity (Wildman–Crippen MR) is 302 cm³/mol. The lowest BCUT2D eigenvalue weighted by atomic mass is 10.1. The lowest BCUT2D eigenvalue weighted by Gasteiger charge is -2.22. The van der Waals surface area contributed by atoms with Crippen molar-refractivity contribution in [1.29, 1.82) is 0 Å². The number of aromatic nitrogens is 2. The van der Waals surface area contributed by atoms with Gasteiger partial charge in [-0.25, -0.2) is 45.8 Å². The van der Waals surface area contributed by atoms with Gasteiger partial charge in [0.15, 0.2) is 0 Å². The highest BCUT2D eigenvalue weighted by Gasteiger charge is 2.28. The van der Waals surface area contributed by atoms with Gasteiger partial charge in [-0.3, -0.25) is 10.1 Å². The van der Waals surface area contributed by atoms with Crippen molar-refractivity contribution in [2.45, 2.75) is 75.5 Å². The summed E-state index contributed by atoms with van der Waals surface area (Å²) in [6.45, 7) is 11.2. The van der Waals surface area contributed by atoms with E-state index in [4.69, 9.17) is 5.73 Å². The molecular formula is C54H56N10O8S4. The average Bonchev–Trinajstić information content (AvgIpc) is 4.07. The summed E-state index contributed by atoms with van der Waals surface area (Å²) in [5.41, 5.74) is 9.95. The number of anilines is 3. The number of carbonyl (C=O) groups is 2. The molecular weight excluding hydrogens is 1040 g/mol. The van der Waals surface area contributed by atoms with Crippen molar-refractivity contribution >= 4 is 77.5 Å². The Kier molecular flexibility index (Phi) is 17.5. The SMILES string of the molecule is CC(C)(C)NS(=O)(=O)c1cc(NC(=O)NCc2ccccc2)ccc1-c1cnc(-c2ccc(N)cc2)s1.CC(C)(C)NS(=O)(=O)c1cc(NC(=O)NCc2ccccc2)ccc1-c1cnc(-c2ccc([N+](=O)[O-])cc2)s1. The monoisotopic (exact) mass is 1100 g/mol. The highest BCUT2D eigenvalue weighted by atomic mass is 32.2. The predicted octanol–water partition coefficient (Wildman–Crippen LogP) is 11.2. The number of benzene rings is 6. The molecule has 76 heavy (non-hydrogen) atoms. The lowest BCUT2D eigenvalue weighted by Crippen LogP contribution is -2.40. The number of nitrogens with one attached hydrogen (secondary N) is 6. The number of nitrogen functional groups attached to an aromatic ring is 1. The average molecular weight is 1100 g/mol. The van der Waals surface area contributed by atoms with Crippen LogP contribution in [-0.2, 0) is 33.1 Å². The molecule has 0 radical (unpaired) electrons. The molecule has 4 amide bonds. The number of nitrogens with two attached hydrogens (primary N) is 1. The number of sulfonamides is 2. The van der Waals surface area contributed by atoms with E-state index in [9.17, 15) is 36.5 Å². The normalized spacial score (nSPS) is 11.7. The molecule has 0 aliphatic carbocycles. The van der Waals surface area contributed by atoms with E-state index in [-0.39, 0.29) is 15.5 Å². The summed E-state index contributed by atoms with van der Waals surface area (Å²) in [6.07, 6.45) is 3.22. The van der Waals surface area contributed by atoms with Gasteiger partial charge in [0, 0.05) is 88.0 Å². The Morgan fingerprint density at radius 1 is 0.566 bits per heavy atom. The third-order valence-electron chi connectivity index (χ3n) is 10.6. The van der Waals surface area contributed by atoms with Crippen molar-refractivity contribution in [3.63, 3.8) is 0 Å². The zero-order chi connectivity index (χ0) is 54.8. The number of thiazole rings is 2. The molecule has 0 saturated carbocycles. The summed E-state index contributed by atoms with van der Waals surface area (Å²) in [5, 5.41) is 23.3. The second-order valence-electron chi connectivity index (χ2n) is 19.2. The van der Waals surface area contributed by atoms with Crippen LogP contribution in [-0.4, -0.2) is 54.9 Å². The van der Waals surface area contributed by atoms with Crippen LogP contribution in [0.1, 0.15) is 52.7 Å². The molecule has 8 aromatic rings. The molecule has 0 bridgehead atoms. The third-order valence-corrected chi connectivity index (χ3v) is 16.3. The van der Waals surface area contributed by atoms with Crippen LogP contribution in [0.5, 0.6) is 0 Å². The summed E-state index contributed by atoms with van der Waals surface area (Å²) in [7, 11) is -7.93. The maximum absolute atomic E-state index is 13.4. The smallest absolute Gasteiger partial charge is 0.319 e. The zero-order valence-electron chi connectivity index (χ0n) is 42.2. The van der Waals surface area contributed by atoms with Gasteiger partial charge in [-0.2, -0.15) is 0 Å². The number of nitro benzene ring substituents is 1. The Morgan fingerprint density at radius 2 is 0.947 bits per heavy atom. The van der Waals surface area contributed by atoms with Gasteiger partial charge >= 0.3 is 12.1 Å². The van der Waals surface area contributed by atoms with E-state index in [2.05, 4.69) is 40.7 Å². The summed E-state index contributed by atoms with van der Waals surface area (Å²) in [5.74, 6) is 0. The maximum Gasteiger partial charge on any atom is 0.319 e. The Morgan fingerprint density at radius 3 is 1.32 bits per heavy atom. The van der Waals surface area contributed by atoms with E-state index in [0.717, 1.165) is 21.7 Å². The minimum Gasteiger partial charge on any atom is -0.399 e. The molecule has 0 atom stereocenters. The van der Waals surface area contributed by atoms with E-state index < -0.39 is 48.1 Å². The van der Waals surface area contributed by atoms with E-state index >= 15 is 0 Å². The molecule has 6 aromatic carbocycles. The first-order valence-electron chi connectivity index (χ1n) is 23.5. The zero-order valence-corrected chi connectivity index (χ0v) is 45.5. The third kappa shape index (κ3) is 15.6. The molecule has 0 unspecified atom stereocenters. The van der Waals surface area contributed by atoms with Crippen molar-refractivity contribution in [3.8, 4) is 42.0 Å². The maximum atomic E-state index is 13.4. The largest absolute Gasteiger partial charge is 0.399 e. The number of hydrogen-bond acceptors (Lipinski definition) is 13. The first-order valence-corrected chi connectivity index (χ1v) is 28.1. The van der Waals surface area contributed by atoms with Gasteiger partial charge in [0.1, 0.15) is 10.0 Å². The molecule has 8 rings (SSSR count). The van der Waals surface area contributed by atoms with Crippen molar-refractivity contribution in [1.82, 2.24) is 30.0 Å². The fourth-order valence-electron chi connectivity index (χ4n) is 7.29. The number of amides is 4. The van der Waals surface area contributed by atoms with E-state index in [1.165, 1.54) is 46.9 Å². The molecule has 18 nitrogen and oxygen atoms in total. The fourth-order valence-corrected chi connectivity index (χ4v) is 12.7. The highest BCUT2D eigenvalue weighted by molar-refractivity contribution is 7.90. The number of urea groups is 2.